The SMILES string of the molecule is COc1cc([N+](=O)[O-])c2ncccc2c1Oc1ccc(OC(F)(F)F)cc1. The Morgan fingerprint density at radius 3 is 2.37 bits per heavy atom. The molecule has 0 saturated heterocycles. The van der Waals surface area contributed by atoms with Crippen LogP contribution in [0.2, 0.25) is 0 Å². The van der Waals surface area contributed by atoms with Crippen LogP contribution in [0, 0.1) is 10.1 Å². The van der Waals surface area contributed by atoms with Gasteiger partial charge in [-0.1, -0.05) is 0 Å². The van der Waals surface area contributed by atoms with Crippen molar-refractivity contribution >= 4 is 16.6 Å². The fraction of sp³-hybridized carbons (Fsp3) is 0.118. The van der Waals surface area contributed by atoms with E-state index in [0.717, 1.165) is 12.1 Å². The van der Waals surface area contributed by atoms with Gasteiger partial charge >= 0.3 is 6.36 Å². The summed E-state index contributed by atoms with van der Waals surface area (Å²) in [7, 11) is 1.31. The maximum atomic E-state index is 12.2. The van der Waals surface area contributed by atoms with Crippen molar-refractivity contribution in [3.8, 4) is 23.0 Å². The van der Waals surface area contributed by atoms with Gasteiger partial charge in [-0.05, 0) is 36.4 Å². The molecule has 0 radical (unpaired) electrons. The molecule has 0 aliphatic rings. The predicted molar refractivity (Wildman–Crippen MR) is 88.1 cm³/mol. The van der Waals surface area contributed by atoms with Gasteiger partial charge in [-0.25, -0.2) is 4.98 Å². The lowest BCUT2D eigenvalue weighted by molar-refractivity contribution is -0.383. The number of nitro groups is 1. The zero-order valence-corrected chi connectivity index (χ0v) is 13.7. The highest BCUT2D eigenvalue weighted by Gasteiger charge is 2.31. The lowest BCUT2D eigenvalue weighted by Gasteiger charge is -2.14. The quantitative estimate of drug-likeness (QED) is 0.465. The number of benzene rings is 2. The summed E-state index contributed by atoms with van der Waals surface area (Å²) >= 11 is 0. The summed E-state index contributed by atoms with van der Waals surface area (Å²) in [5.74, 6) is 0.00683. The van der Waals surface area contributed by atoms with Gasteiger partial charge in [0.25, 0.3) is 5.69 Å². The van der Waals surface area contributed by atoms with Crippen LogP contribution in [-0.4, -0.2) is 23.4 Å². The van der Waals surface area contributed by atoms with E-state index in [2.05, 4.69) is 9.72 Å². The predicted octanol–water partition coefficient (Wildman–Crippen LogP) is 4.84. The van der Waals surface area contributed by atoms with E-state index in [0.29, 0.717) is 5.39 Å². The van der Waals surface area contributed by atoms with Gasteiger partial charge in [0.15, 0.2) is 17.0 Å². The van der Waals surface area contributed by atoms with Crippen LogP contribution in [0.15, 0.2) is 48.7 Å². The van der Waals surface area contributed by atoms with Crippen LogP contribution >= 0.6 is 0 Å². The minimum atomic E-state index is -4.80. The van der Waals surface area contributed by atoms with E-state index in [4.69, 9.17) is 9.47 Å². The van der Waals surface area contributed by atoms with E-state index in [9.17, 15) is 23.3 Å². The Hall–Kier alpha value is -3.56. The van der Waals surface area contributed by atoms with Crippen molar-refractivity contribution in [2.75, 3.05) is 7.11 Å². The number of fused-ring (bicyclic) bond motifs is 1. The molecule has 2 aromatic carbocycles. The molecule has 0 spiro atoms. The second-order valence-electron chi connectivity index (χ2n) is 5.21. The first-order chi connectivity index (χ1) is 12.8. The number of aromatic nitrogens is 1. The summed E-state index contributed by atoms with van der Waals surface area (Å²) in [4.78, 5) is 14.7. The molecule has 27 heavy (non-hydrogen) atoms. The molecule has 3 aromatic rings. The highest BCUT2D eigenvalue weighted by atomic mass is 19.4. The second-order valence-corrected chi connectivity index (χ2v) is 5.21. The Morgan fingerprint density at radius 2 is 1.78 bits per heavy atom. The molecule has 0 N–H and O–H groups in total. The van der Waals surface area contributed by atoms with Gasteiger partial charge in [-0.3, -0.25) is 10.1 Å². The van der Waals surface area contributed by atoms with Crippen LogP contribution in [-0.2, 0) is 0 Å². The van der Waals surface area contributed by atoms with E-state index < -0.39 is 17.0 Å². The summed E-state index contributed by atoms with van der Waals surface area (Å²) in [6.07, 6.45) is -3.40. The highest BCUT2D eigenvalue weighted by Crippen LogP contribution is 2.42. The molecule has 140 valence electrons. The van der Waals surface area contributed by atoms with Crippen LogP contribution < -0.4 is 14.2 Å². The van der Waals surface area contributed by atoms with Gasteiger partial charge in [0.2, 0.25) is 0 Å². The van der Waals surface area contributed by atoms with Gasteiger partial charge < -0.3 is 14.2 Å². The Bertz CT molecular complexity index is 990. The molecule has 0 bridgehead atoms. The Morgan fingerprint density at radius 1 is 1.11 bits per heavy atom. The number of methoxy groups -OCH3 is 1. The van der Waals surface area contributed by atoms with Gasteiger partial charge in [-0.15, -0.1) is 13.2 Å². The van der Waals surface area contributed by atoms with Crippen molar-refractivity contribution in [1.29, 1.82) is 0 Å². The Kier molecular flexibility index (Phi) is 4.72. The van der Waals surface area contributed by atoms with Gasteiger partial charge in [0.1, 0.15) is 11.5 Å². The number of nitro benzene ring substituents is 1. The van der Waals surface area contributed by atoms with Crippen molar-refractivity contribution in [1.82, 2.24) is 4.98 Å². The summed E-state index contributed by atoms with van der Waals surface area (Å²) in [5, 5.41) is 11.6. The number of pyridine rings is 1. The number of rotatable bonds is 5. The first-order valence-corrected chi connectivity index (χ1v) is 7.42. The van der Waals surface area contributed by atoms with Crippen molar-refractivity contribution in [3.63, 3.8) is 0 Å². The maximum Gasteiger partial charge on any atom is 0.573 e. The molecule has 3 rings (SSSR count). The molecule has 0 fully saturated rings. The lowest BCUT2D eigenvalue weighted by Crippen LogP contribution is -2.16. The molecule has 7 nitrogen and oxygen atoms in total. The number of non-ortho nitro benzene ring substituents is 1. The molecule has 1 heterocycles. The van der Waals surface area contributed by atoms with Crippen LogP contribution in [0.25, 0.3) is 10.9 Å². The first kappa shape index (κ1) is 18.2. The third kappa shape index (κ3) is 4.00. The van der Waals surface area contributed by atoms with Crippen LogP contribution in [0.5, 0.6) is 23.0 Å². The van der Waals surface area contributed by atoms with Crippen molar-refractivity contribution in [2.24, 2.45) is 0 Å². The van der Waals surface area contributed by atoms with Crippen molar-refractivity contribution in [3.05, 3.63) is 58.8 Å². The van der Waals surface area contributed by atoms with Crippen LogP contribution in [0.4, 0.5) is 18.9 Å². The maximum absolute atomic E-state index is 12.2. The minimum Gasteiger partial charge on any atom is -0.493 e. The topological polar surface area (TPSA) is 83.7 Å². The largest absolute Gasteiger partial charge is 0.573 e. The average molecular weight is 380 g/mol. The average Bonchev–Trinajstić information content (AvgIpc) is 2.62. The van der Waals surface area contributed by atoms with E-state index >= 15 is 0 Å². The van der Waals surface area contributed by atoms with Crippen molar-refractivity contribution in [2.45, 2.75) is 6.36 Å². The summed E-state index contributed by atoms with van der Waals surface area (Å²) in [6, 6.07) is 9.01. The smallest absolute Gasteiger partial charge is 0.493 e. The lowest BCUT2D eigenvalue weighted by atomic mass is 10.1. The van der Waals surface area contributed by atoms with E-state index in [1.807, 2.05) is 0 Å². The van der Waals surface area contributed by atoms with E-state index in [1.54, 1.807) is 12.1 Å². The van der Waals surface area contributed by atoms with Gasteiger partial charge in [0.05, 0.1) is 23.5 Å². The van der Waals surface area contributed by atoms with Gasteiger partial charge in [0, 0.05) is 6.20 Å². The van der Waals surface area contributed by atoms with Crippen LogP contribution in [0.1, 0.15) is 0 Å². The van der Waals surface area contributed by atoms with Crippen LogP contribution in [0.3, 0.4) is 0 Å². The zero-order valence-electron chi connectivity index (χ0n) is 13.7. The fourth-order valence-electron chi connectivity index (χ4n) is 2.41. The number of nitrogens with zero attached hydrogens (tertiary/aromatic N) is 2. The third-order valence-corrected chi connectivity index (χ3v) is 3.48. The molecular formula is C17H11F3N2O5. The zero-order chi connectivity index (χ0) is 19.6. The number of hydrogen-bond donors (Lipinski definition) is 0. The first-order valence-electron chi connectivity index (χ1n) is 7.42. The third-order valence-electron chi connectivity index (χ3n) is 3.48. The number of alkyl halides is 3. The molecule has 0 saturated carbocycles. The van der Waals surface area contributed by atoms with Gasteiger partial charge in [-0.2, -0.15) is 0 Å². The molecule has 0 atom stereocenters. The molecule has 0 amide bonds. The highest BCUT2D eigenvalue weighted by molar-refractivity contribution is 5.94. The van der Waals surface area contributed by atoms with E-state index in [-0.39, 0.29) is 28.5 Å². The molecular weight excluding hydrogens is 369 g/mol. The number of ether oxygens (including phenoxy) is 3. The summed E-state index contributed by atoms with van der Waals surface area (Å²) < 4.78 is 51.4. The standard InChI is InChI=1S/C17H11F3N2O5/c1-25-14-9-13(22(23)24)15-12(3-2-8-21-15)16(14)26-10-4-6-11(7-5-10)27-17(18,19)20/h2-9H,1H3. The monoisotopic (exact) mass is 380 g/mol. The molecule has 1 aromatic heterocycles. The minimum absolute atomic E-state index is 0.0813. The van der Waals surface area contributed by atoms with Crippen molar-refractivity contribution < 1.29 is 32.3 Å². The summed E-state index contributed by atoms with van der Waals surface area (Å²) in [6.45, 7) is 0. The second kappa shape index (κ2) is 6.98. The number of hydrogen-bond acceptors (Lipinski definition) is 6. The Balaban J connectivity index is 2.02. The molecule has 10 heteroatoms. The number of halogens is 3. The molecule has 0 aliphatic heterocycles. The normalized spacial score (nSPS) is 11.3. The molecule has 0 unspecified atom stereocenters. The summed E-state index contributed by atoms with van der Waals surface area (Å²) in [5.41, 5.74) is -0.168. The Labute approximate surface area is 150 Å². The van der Waals surface area contributed by atoms with E-state index in [1.165, 1.54) is 31.5 Å². The fourth-order valence-corrected chi connectivity index (χ4v) is 2.41. The molecule has 0 aliphatic carbocycles.